The van der Waals surface area contributed by atoms with Gasteiger partial charge < -0.3 is 16.4 Å². The Balaban J connectivity index is 1.73. The Morgan fingerprint density at radius 2 is 2.07 bits per heavy atom. The zero-order chi connectivity index (χ0) is 20.0. The zero-order valence-electron chi connectivity index (χ0n) is 15.6. The van der Waals surface area contributed by atoms with Crippen molar-refractivity contribution in [3.8, 4) is 0 Å². The summed E-state index contributed by atoms with van der Waals surface area (Å²) < 4.78 is 0. The number of carbonyl (C=O) groups is 4. The van der Waals surface area contributed by atoms with Crippen molar-refractivity contribution in [1.82, 2.24) is 10.2 Å². The molecule has 0 unspecified atom stereocenters. The van der Waals surface area contributed by atoms with Gasteiger partial charge in [-0.1, -0.05) is 20.8 Å². The van der Waals surface area contributed by atoms with Crippen molar-refractivity contribution < 1.29 is 19.2 Å². The number of nitrogens with two attached hydrogens (primary N) is 1. The van der Waals surface area contributed by atoms with Gasteiger partial charge in [0.15, 0.2) is 0 Å². The summed E-state index contributed by atoms with van der Waals surface area (Å²) >= 11 is 1.15. The van der Waals surface area contributed by atoms with Crippen molar-refractivity contribution in [3.05, 3.63) is 17.0 Å². The highest BCUT2D eigenvalue weighted by Gasteiger charge is 2.56. The molecule has 1 aromatic heterocycles. The van der Waals surface area contributed by atoms with Gasteiger partial charge in [0.1, 0.15) is 17.1 Å². The van der Waals surface area contributed by atoms with E-state index >= 15 is 0 Å². The third kappa shape index (κ3) is 3.69. The number of amides is 5. The molecule has 2 atom stereocenters. The number of primary amides is 1. The maximum Gasteiger partial charge on any atom is 0.325 e. The van der Waals surface area contributed by atoms with Gasteiger partial charge >= 0.3 is 6.03 Å². The fourth-order valence-electron chi connectivity index (χ4n) is 4.56. The highest BCUT2D eigenvalue weighted by Crippen LogP contribution is 2.46. The molecule has 2 heterocycles. The number of urea groups is 1. The van der Waals surface area contributed by atoms with Crippen LogP contribution in [-0.2, 0) is 9.59 Å². The minimum Gasteiger partial charge on any atom is -0.366 e. The standard InChI is InChI=1S/C18H24N4O4S/c1-10-6-17(2,3)9-18(7-10)15(25)22(16(26)21-18)8-12(23)20-14-11(13(19)24)4-5-27-14/h4-5,10H,6-9H2,1-3H3,(H2,19,24)(H,20,23)(H,21,26)/t10-,18-/m0/s1. The van der Waals surface area contributed by atoms with E-state index in [2.05, 4.69) is 31.4 Å². The van der Waals surface area contributed by atoms with E-state index in [0.717, 1.165) is 22.7 Å². The average molecular weight is 392 g/mol. The predicted molar refractivity (Wildman–Crippen MR) is 101 cm³/mol. The first-order chi connectivity index (χ1) is 12.5. The van der Waals surface area contributed by atoms with Crippen LogP contribution in [0.3, 0.4) is 0 Å². The summed E-state index contributed by atoms with van der Waals surface area (Å²) in [5, 5.41) is 7.33. The van der Waals surface area contributed by atoms with Gasteiger partial charge in [0, 0.05) is 0 Å². The Bertz CT molecular complexity index is 818. The third-order valence-corrected chi connectivity index (χ3v) is 5.94. The van der Waals surface area contributed by atoms with E-state index in [4.69, 9.17) is 5.73 Å². The summed E-state index contributed by atoms with van der Waals surface area (Å²) in [6.07, 6.45) is 2.09. The second kappa shape index (κ2) is 6.63. The lowest BCUT2D eigenvalue weighted by atomic mass is 9.64. The predicted octanol–water partition coefficient (Wildman–Crippen LogP) is 1.92. The lowest BCUT2D eigenvalue weighted by molar-refractivity contribution is -0.136. The van der Waals surface area contributed by atoms with Gasteiger partial charge in [0.25, 0.3) is 11.8 Å². The van der Waals surface area contributed by atoms with E-state index in [1.165, 1.54) is 6.07 Å². The summed E-state index contributed by atoms with van der Waals surface area (Å²) in [6, 6.07) is 0.956. The largest absolute Gasteiger partial charge is 0.366 e. The van der Waals surface area contributed by atoms with Crippen molar-refractivity contribution >= 4 is 40.1 Å². The molecule has 2 aliphatic rings. The lowest BCUT2D eigenvalue weighted by Crippen LogP contribution is -2.54. The van der Waals surface area contributed by atoms with Crippen molar-refractivity contribution in [2.24, 2.45) is 17.1 Å². The number of nitrogens with zero attached hydrogens (tertiary/aromatic N) is 1. The number of hydrogen-bond donors (Lipinski definition) is 3. The summed E-state index contributed by atoms with van der Waals surface area (Å²) in [5.41, 5.74) is 4.44. The van der Waals surface area contributed by atoms with Gasteiger partial charge in [-0.2, -0.15) is 0 Å². The molecule has 4 N–H and O–H groups in total. The molecule has 5 amide bonds. The molecule has 1 spiro atoms. The summed E-state index contributed by atoms with van der Waals surface area (Å²) in [5.74, 6) is -1.28. The normalized spacial score (nSPS) is 26.9. The molecule has 27 heavy (non-hydrogen) atoms. The van der Waals surface area contributed by atoms with Gasteiger partial charge in [0.2, 0.25) is 5.91 Å². The monoisotopic (exact) mass is 392 g/mol. The first kappa shape index (κ1) is 19.3. The van der Waals surface area contributed by atoms with Gasteiger partial charge in [-0.15, -0.1) is 11.3 Å². The Morgan fingerprint density at radius 1 is 1.37 bits per heavy atom. The number of rotatable bonds is 4. The second-order valence-electron chi connectivity index (χ2n) is 8.33. The molecule has 1 saturated heterocycles. The fraction of sp³-hybridized carbons (Fsp3) is 0.556. The highest BCUT2D eigenvalue weighted by molar-refractivity contribution is 7.14. The maximum absolute atomic E-state index is 13.0. The van der Waals surface area contributed by atoms with Crippen LogP contribution in [0, 0.1) is 11.3 Å². The molecule has 8 nitrogen and oxygen atoms in total. The van der Waals surface area contributed by atoms with Crippen LogP contribution in [0.15, 0.2) is 11.4 Å². The first-order valence-electron chi connectivity index (χ1n) is 8.84. The number of anilines is 1. The van der Waals surface area contributed by atoms with Crippen LogP contribution in [0.25, 0.3) is 0 Å². The van der Waals surface area contributed by atoms with Crippen molar-refractivity contribution in [1.29, 1.82) is 0 Å². The molecule has 1 saturated carbocycles. The zero-order valence-corrected chi connectivity index (χ0v) is 16.4. The van der Waals surface area contributed by atoms with Crippen LogP contribution < -0.4 is 16.4 Å². The van der Waals surface area contributed by atoms with E-state index in [0.29, 0.717) is 17.8 Å². The first-order valence-corrected chi connectivity index (χ1v) is 9.72. The van der Waals surface area contributed by atoms with Gasteiger partial charge in [-0.25, -0.2) is 4.79 Å². The third-order valence-electron chi connectivity index (χ3n) is 5.11. The molecule has 0 aromatic carbocycles. The van der Waals surface area contributed by atoms with Crippen LogP contribution in [0.2, 0.25) is 0 Å². The van der Waals surface area contributed by atoms with Gasteiger partial charge in [-0.05, 0) is 42.0 Å². The van der Waals surface area contributed by atoms with E-state index in [1.807, 2.05) is 0 Å². The molecule has 146 valence electrons. The van der Waals surface area contributed by atoms with Crippen molar-refractivity contribution in [2.45, 2.75) is 45.6 Å². The number of imide groups is 1. The Kier molecular flexibility index (Phi) is 4.75. The quantitative estimate of drug-likeness (QED) is 0.678. The number of nitrogens with one attached hydrogen (secondary N) is 2. The molecule has 2 fully saturated rings. The topological polar surface area (TPSA) is 122 Å². The molecule has 3 rings (SSSR count). The van der Waals surface area contributed by atoms with Crippen LogP contribution in [0.4, 0.5) is 9.80 Å². The maximum atomic E-state index is 13.0. The van der Waals surface area contributed by atoms with Gasteiger partial charge in [-0.3, -0.25) is 19.3 Å². The Morgan fingerprint density at radius 3 is 2.70 bits per heavy atom. The van der Waals surface area contributed by atoms with Crippen LogP contribution >= 0.6 is 11.3 Å². The van der Waals surface area contributed by atoms with Crippen LogP contribution in [-0.4, -0.2) is 40.7 Å². The summed E-state index contributed by atoms with van der Waals surface area (Å²) in [6.45, 7) is 5.83. The van der Waals surface area contributed by atoms with Crippen LogP contribution in [0.1, 0.15) is 50.4 Å². The van der Waals surface area contributed by atoms with Crippen molar-refractivity contribution in [3.63, 3.8) is 0 Å². The number of hydrogen-bond acceptors (Lipinski definition) is 5. The van der Waals surface area contributed by atoms with E-state index in [-0.39, 0.29) is 22.8 Å². The fourth-order valence-corrected chi connectivity index (χ4v) is 5.37. The summed E-state index contributed by atoms with van der Waals surface area (Å²) in [7, 11) is 0. The minimum atomic E-state index is -0.945. The molecular weight excluding hydrogens is 368 g/mol. The Labute approximate surface area is 161 Å². The molecule has 0 radical (unpaired) electrons. The lowest BCUT2D eigenvalue weighted by Gasteiger charge is -2.43. The van der Waals surface area contributed by atoms with Crippen LogP contribution in [0.5, 0.6) is 0 Å². The van der Waals surface area contributed by atoms with E-state index < -0.39 is 29.9 Å². The molecule has 1 aliphatic heterocycles. The molecule has 1 aliphatic carbocycles. The average Bonchev–Trinajstić information content (AvgIpc) is 3.04. The van der Waals surface area contributed by atoms with E-state index in [9.17, 15) is 19.2 Å². The Hall–Kier alpha value is -2.42. The second-order valence-corrected chi connectivity index (χ2v) is 9.25. The number of carbonyl (C=O) groups excluding carboxylic acids is 4. The summed E-state index contributed by atoms with van der Waals surface area (Å²) in [4.78, 5) is 50.1. The smallest absolute Gasteiger partial charge is 0.325 e. The molecule has 0 bridgehead atoms. The SMILES string of the molecule is C[C@H]1CC(C)(C)C[C@]2(C1)NC(=O)N(CC(=O)Nc1sccc1C(N)=O)C2=O. The molecular formula is C18H24N4O4S. The molecule has 9 heteroatoms. The minimum absolute atomic E-state index is 0.0771. The van der Waals surface area contributed by atoms with Crippen molar-refractivity contribution in [2.75, 3.05) is 11.9 Å². The van der Waals surface area contributed by atoms with E-state index in [1.54, 1.807) is 5.38 Å². The van der Waals surface area contributed by atoms with Gasteiger partial charge in [0.05, 0.1) is 5.56 Å². The highest BCUT2D eigenvalue weighted by atomic mass is 32.1. The molecule has 1 aromatic rings. The number of thiophene rings is 1.